The quantitative estimate of drug-likeness (QED) is 0.706. The first-order chi connectivity index (χ1) is 12.8. The van der Waals surface area contributed by atoms with Crippen LogP contribution in [0.2, 0.25) is 0 Å². The Bertz CT molecular complexity index is 916. The van der Waals surface area contributed by atoms with Crippen LogP contribution in [-0.4, -0.2) is 26.6 Å². The van der Waals surface area contributed by atoms with Crippen LogP contribution in [0.15, 0.2) is 54.7 Å². The number of alkyl halides is 3. The number of benzene rings is 1. The van der Waals surface area contributed by atoms with Gasteiger partial charge in [-0.15, -0.1) is 0 Å². The van der Waals surface area contributed by atoms with E-state index in [1.807, 2.05) is 19.1 Å². The van der Waals surface area contributed by atoms with Crippen LogP contribution in [0.3, 0.4) is 0 Å². The lowest BCUT2D eigenvalue weighted by atomic mass is 10.1. The number of aliphatic hydroxyl groups excluding tert-OH is 1. The summed E-state index contributed by atoms with van der Waals surface area (Å²) < 4.78 is 39.6. The average Bonchev–Trinajstić information content (AvgIpc) is 2.66. The van der Waals surface area contributed by atoms with Crippen molar-refractivity contribution < 1.29 is 18.3 Å². The zero-order valence-corrected chi connectivity index (χ0v) is 14.4. The zero-order valence-electron chi connectivity index (χ0n) is 14.4. The van der Waals surface area contributed by atoms with E-state index in [0.29, 0.717) is 5.56 Å². The van der Waals surface area contributed by atoms with Gasteiger partial charge in [0.15, 0.2) is 11.5 Å². The minimum absolute atomic E-state index is 0.000573. The SMILES string of the molecule is Cc1cccc(C(O)CNc2cc(C(F)(F)F)nc(-c3ccccn3)n2)c1. The van der Waals surface area contributed by atoms with Crippen LogP contribution >= 0.6 is 0 Å². The summed E-state index contributed by atoms with van der Waals surface area (Å²) in [5.41, 5.74) is 0.791. The van der Waals surface area contributed by atoms with E-state index in [0.717, 1.165) is 11.6 Å². The molecule has 3 rings (SSSR count). The summed E-state index contributed by atoms with van der Waals surface area (Å²) in [5, 5.41) is 13.0. The number of nitrogens with zero attached hydrogens (tertiary/aromatic N) is 3. The number of aryl methyl sites for hydroxylation is 1. The lowest BCUT2D eigenvalue weighted by Gasteiger charge is -2.15. The molecule has 2 aromatic heterocycles. The van der Waals surface area contributed by atoms with E-state index in [2.05, 4.69) is 20.3 Å². The Balaban J connectivity index is 1.86. The first kappa shape index (κ1) is 18.8. The van der Waals surface area contributed by atoms with E-state index in [-0.39, 0.29) is 23.9 Å². The van der Waals surface area contributed by atoms with Crippen LogP contribution in [-0.2, 0) is 6.18 Å². The third kappa shape index (κ3) is 4.79. The van der Waals surface area contributed by atoms with Gasteiger partial charge in [-0.1, -0.05) is 35.9 Å². The van der Waals surface area contributed by atoms with Crippen molar-refractivity contribution in [1.29, 1.82) is 0 Å². The summed E-state index contributed by atoms with van der Waals surface area (Å²) >= 11 is 0. The van der Waals surface area contributed by atoms with Crippen LogP contribution in [0.25, 0.3) is 11.5 Å². The third-order valence-corrected chi connectivity index (χ3v) is 3.81. The van der Waals surface area contributed by atoms with E-state index in [4.69, 9.17) is 0 Å². The van der Waals surface area contributed by atoms with Crippen molar-refractivity contribution in [3.05, 3.63) is 71.5 Å². The van der Waals surface area contributed by atoms with Crippen LogP contribution in [0.5, 0.6) is 0 Å². The number of nitrogens with one attached hydrogen (secondary N) is 1. The summed E-state index contributed by atoms with van der Waals surface area (Å²) in [5.74, 6) is -0.178. The molecule has 1 aromatic carbocycles. The van der Waals surface area contributed by atoms with Crippen LogP contribution in [0.4, 0.5) is 19.0 Å². The number of halogens is 3. The molecule has 0 aliphatic rings. The fraction of sp³-hybridized carbons (Fsp3) is 0.211. The lowest BCUT2D eigenvalue weighted by Crippen LogP contribution is -2.16. The van der Waals surface area contributed by atoms with Gasteiger partial charge in [0.05, 0.1) is 6.10 Å². The average molecular weight is 374 g/mol. The monoisotopic (exact) mass is 374 g/mol. The van der Waals surface area contributed by atoms with Gasteiger partial charge in [0.2, 0.25) is 0 Å². The number of hydrogen-bond donors (Lipinski definition) is 2. The third-order valence-electron chi connectivity index (χ3n) is 3.81. The second kappa shape index (κ2) is 7.71. The highest BCUT2D eigenvalue weighted by Gasteiger charge is 2.34. The molecule has 0 fully saturated rings. The Morgan fingerprint density at radius 1 is 1.07 bits per heavy atom. The van der Waals surface area contributed by atoms with Gasteiger partial charge in [0.25, 0.3) is 0 Å². The Labute approximate surface area is 154 Å². The standard InChI is InChI=1S/C19H17F3N4O/c1-12-5-4-6-13(9-12)15(27)11-24-17-10-16(19(20,21)22)25-18(26-17)14-7-2-3-8-23-14/h2-10,15,27H,11H2,1H3,(H,24,25,26). The number of rotatable bonds is 5. The second-order valence-electron chi connectivity index (χ2n) is 5.99. The van der Waals surface area contributed by atoms with Gasteiger partial charge in [-0.25, -0.2) is 9.97 Å². The molecule has 1 unspecified atom stereocenters. The molecular weight excluding hydrogens is 357 g/mol. The molecule has 0 bridgehead atoms. The molecule has 3 aromatic rings. The van der Waals surface area contributed by atoms with Crippen molar-refractivity contribution in [2.24, 2.45) is 0 Å². The predicted molar refractivity (Wildman–Crippen MR) is 94.9 cm³/mol. The Morgan fingerprint density at radius 3 is 2.56 bits per heavy atom. The molecule has 0 saturated carbocycles. The van der Waals surface area contributed by atoms with Gasteiger partial charge in [-0.3, -0.25) is 4.98 Å². The maximum Gasteiger partial charge on any atom is 0.433 e. The molecule has 0 aliphatic carbocycles. The van der Waals surface area contributed by atoms with E-state index in [9.17, 15) is 18.3 Å². The van der Waals surface area contributed by atoms with E-state index in [1.54, 1.807) is 24.3 Å². The minimum atomic E-state index is -4.63. The normalized spacial score (nSPS) is 12.6. The molecule has 8 heteroatoms. The molecule has 27 heavy (non-hydrogen) atoms. The molecule has 140 valence electrons. The van der Waals surface area contributed by atoms with Crippen molar-refractivity contribution in [1.82, 2.24) is 15.0 Å². The summed E-state index contributed by atoms with van der Waals surface area (Å²) in [4.78, 5) is 11.7. The molecule has 1 atom stereocenters. The van der Waals surface area contributed by atoms with Crippen molar-refractivity contribution in [2.45, 2.75) is 19.2 Å². The Kier molecular flexibility index (Phi) is 5.36. The highest BCUT2D eigenvalue weighted by atomic mass is 19.4. The van der Waals surface area contributed by atoms with Gasteiger partial charge in [-0.2, -0.15) is 13.2 Å². The first-order valence-corrected chi connectivity index (χ1v) is 8.19. The van der Waals surface area contributed by atoms with Gasteiger partial charge in [0, 0.05) is 18.8 Å². The molecule has 2 heterocycles. The number of hydrogen-bond acceptors (Lipinski definition) is 5. The molecule has 0 saturated heterocycles. The van der Waals surface area contributed by atoms with E-state index in [1.165, 1.54) is 12.3 Å². The Morgan fingerprint density at radius 2 is 1.89 bits per heavy atom. The maximum absolute atomic E-state index is 13.2. The van der Waals surface area contributed by atoms with Crippen molar-refractivity contribution >= 4 is 5.82 Å². The lowest BCUT2D eigenvalue weighted by molar-refractivity contribution is -0.141. The van der Waals surface area contributed by atoms with Crippen LogP contribution in [0, 0.1) is 6.92 Å². The van der Waals surface area contributed by atoms with E-state index < -0.39 is 18.0 Å². The molecular formula is C19H17F3N4O. The molecule has 0 amide bonds. The topological polar surface area (TPSA) is 70.9 Å². The number of aromatic nitrogens is 3. The molecule has 2 N–H and O–H groups in total. The maximum atomic E-state index is 13.2. The van der Waals surface area contributed by atoms with E-state index >= 15 is 0 Å². The van der Waals surface area contributed by atoms with Crippen molar-refractivity contribution in [3.8, 4) is 11.5 Å². The molecule has 0 spiro atoms. The van der Waals surface area contributed by atoms with Crippen molar-refractivity contribution in [3.63, 3.8) is 0 Å². The Hall–Kier alpha value is -3.00. The van der Waals surface area contributed by atoms with Crippen LogP contribution in [0.1, 0.15) is 22.9 Å². The number of anilines is 1. The number of pyridine rings is 1. The zero-order chi connectivity index (χ0) is 19.4. The smallest absolute Gasteiger partial charge is 0.387 e. The van der Waals surface area contributed by atoms with Gasteiger partial charge >= 0.3 is 6.18 Å². The fourth-order valence-electron chi connectivity index (χ4n) is 2.49. The number of aliphatic hydroxyl groups is 1. The summed E-state index contributed by atoms with van der Waals surface area (Å²) in [6.07, 6.45) is -4.07. The largest absolute Gasteiger partial charge is 0.433 e. The van der Waals surface area contributed by atoms with Gasteiger partial charge in [0.1, 0.15) is 11.5 Å². The molecule has 0 aliphatic heterocycles. The highest BCUT2D eigenvalue weighted by molar-refractivity contribution is 5.53. The van der Waals surface area contributed by atoms with Gasteiger partial charge in [-0.05, 0) is 24.6 Å². The first-order valence-electron chi connectivity index (χ1n) is 8.19. The fourth-order valence-corrected chi connectivity index (χ4v) is 2.49. The summed E-state index contributed by atoms with van der Waals surface area (Å²) in [6, 6.07) is 12.9. The predicted octanol–water partition coefficient (Wildman–Crippen LogP) is 4.01. The summed E-state index contributed by atoms with van der Waals surface area (Å²) in [7, 11) is 0. The second-order valence-corrected chi connectivity index (χ2v) is 5.99. The highest BCUT2D eigenvalue weighted by Crippen LogP contribution is 2.30. The minimum Gasteiger partial charge on any atom is -0.387 e. The van der Waals surface area contributed by atoms with Gasteiger partial charge < -0.3 is 10.4 Å². The summed E-state index contributed by atoms with van der Waals surface area (Å²) in [6.45, 7) is 1.89. The van der Waals surface area contributed by atoms with Crippen LogP contribution < -0.4 is 5.32 Å². The molecule has 5 nitrogen and oxygen atoms in total. The van der Waals surface area contributed by atoms with Crippen molar-refractivity contribution in [2.75, 3.05) is 11.9 Å². The molecule has 0 radical (unpaired) electrons.